The number of hydrogen-bond donors (Lipinski definition) is 1. The minimum Gasteiger partial charge on any atom is -0.390 e. The Morgan fingerprint density at radius 3 is 2.50 bits per heavy atom. The molecular formula is C26H27Cl2N3O. The lowest BCUT2D eigenvalue weighted by Gasteiger charge is -2.40. The molecule has 0 atom stereocenters. The maximum Gasteiger partial charge on any atom is 0.153 e. The zero-order chi connectivity index (χ0) is 22.5. The molecule has 4 nitrogen and oxygen atoms in total. The number of halogens is 2. The van der Waals surface area contributed by atoms with Crippen LogP contribution in [0.15, 0.2) is 36.4 Å². The largest absolute Gasteiger partial charge is 0.390 e. The molecule has 1 fully saturated rings. The van der Waals surface area contributed by atoms with Crippen molar-refractivity contribution in [2.45, 2.75) is 46.1 Å². The van der Waals surface area contributed by atoms with Crippen molar-refractivity contribution in [3.8, 4) is 11.3 Å². The van der Waals surface area contributed by atoms with Crippen LogP contribution >= 0.6 is 23.2 Å². The van der Waals surface area contributed by atoms with E-state index in [9.17, 15) is 5.11 Å². The number of rotatable bonds is 3. The summed E-state index contributed by atoms with van der Waals surface area (Å²) in [6.07, 6.45) is 4.57. The van der Waals surface area contributed by atoms with Crippen LogP contribution in [-0.4, -0.2) is 28.2 Å². The van der Waals surface area contributed by atoms with E-state index in [1.54, 1.807) is 6.07 Å². The third-order valence-corrected chi connectivity index (χ3v) is 7.91. The first-order valence-electron chi connectivity index (χ1n) is 11.2. The van der Waals surface area contributed by atoms with Crippen molar-refractivity contribution in [2.75, 3.05) is 18.0 Å². The highest BCUT2D eigenvalue weighted by Gasteiger charge is 2.40. The molecule has 6 heteroatoms. The molecule has 32 heavy (non-hydrogen) atoms. The van der Waals surface area contributed by atoms with Gasteiger partial charge in [-0.05, 0) is 62.1 Å². The topological polar surface area (TPSA) is 49.2 Å². The maximum atomic E-state index is 10.1. The van der Waals surface area contributed by atoms with E-state index in [-0.39, 0.29) is 6.61 Å². The number of piperidine rings is 1. The van der Waals surface area contributed by atoms with E-state index in [1.807, 2.05) is 19.1 Å². The summed E-state index contributed by atoms with van der Waals surface area (Å²) in [4.78, 5) is 11.9. The molecule has 2 aromatic carbocycles. The van der Waals surface area contributed by atoms with Crippen LogP contribution in [0.3, 0.4) is 0 Å². The summed E-state index contributed by atoms with van der Waals surface area (Å²) in [6, 6.07) is 12.4. The molecule has 0 bridgehead atoms. The van der Waals surface area contributed by atoms with Crippen LogP contribution in [0.2, 0.25) is 10.0 Å². The van der Waals surface area contributed by atoms with E-state index in [0.29, 0.717) is 26.8 Å². The molecule has 1 aromatic heterocycles. The normalized spacial score (nSPS) is 17.1. The average molecular weight is 468 g/mol. The summed E-state index contributed by atoms with van der Waals surface area (Å²) in [5, 5.41) is 11.0. The minimum absolute atomic E-state index is 0.167. The van der Waals surface area contributed by atoms with Gasteiger partial charge in [-0.1, -0.05) is 59.1 Å². The van der Waals surface area contributed by atoms with Crippen LogP contribution in [0.1, 0.15) is 40.9 Å². The molecule has 0 radical (unpaired) electrons. The van der Waals surface area contributed by atoms with Gasteiger partial charge in [0.15, 0.2) is 5.82 Å². The van der Waals surface area contributed by atoms with Gasteiger partial charge in [-0.15, -0.1) is 0 Å². The monoisotopic (exact) mass is 467 g/mol. The number of aliphatic hydroxyl groups excluding tert-OH is 1. The zero-order valence-corrected chi connectivity index (χ0v) is 20.0. The second kappa shape index (κ2) is 8.33. The SMILES string of the molecule is Cc1ccc2c(c1)CC1(CCN(c3nc(C)c(-c4cccc(Cl)c4Cl)nc3CO)CC1)C2. The van der Waals surface area contributed by atoms with E-state index in [0.717, 1.165) is 43.0 Å². The Bertz CT molecular complexity index is 1190. The van der Waals surface area contributed by atoms with Crippen molar-refractivity contribution in [2.24, 2.45) is 5.41 Å². The Morgan fingerprint density at radius 1 is 1.00 bits per heavy atom. The highest BCUT2D eigenvalue weighted by atomic mass is 35.5. The van der Waals surface area contributed by atoms with Crippen LogP contribution in [-0.2, 0) is 19.4 Å². The lowest BCUT2D eigenvalue weighted by atomic mass is 9.76. The summed E-state index contributed by atoms with van der Waals surface area (Å²) in [7, 11) is 0. The summed E-state index contributed by atoms with van der Waals surface area (Å²) in [5.41, 5.74) is 7.50. The lowest BCUT2D eigenvalue weighted by Crippen LogP contribution is -2.41. The van der Waals surface area contributed by atoms with Crippen molar-refractivity contribution in [3.05, 3.63) is 74.5 Å². The molecule has 2 aliphatic rings. The molecule has 5 rings (SSSR count). The van der Waals surface area contributed by atoms with Crippen molar-refractivity contribution < 1.29 is 5.11 Å². The second-order valence-electron chi connectivity index (χ2n) is 9.30. The van der Waals surface area contributed by atoms with Gasteiger partial charge in [0.25, 0.3) is 0 Å². The van der Waals surface area contributed by atoms with Gasteiger partial charge in [-0.25, -0.2) is 9.97 Å². The minimum atomic E-state index is -0.167. The van der Waals surface area contributed by atoms with E-state index in [2.05, 4.69) is 30.0 Å². The van der Waals surface area contributed by atoms with Crippen LogP contribution < -0.4 is 4.90 Å². The molecule has 0 saturated carbocycles. The first-order valence-corrected chi connectivity index (χ1v) is 11.9. The van der Waals surface area contributed by atoms with Gasteiger partial charge in [-0.2, -0.15) is 0 Å². The van der Waals surface area contributed by atoms with Crippen LogP contribution in [0.4, 0.5) is 5.82 Å². The predicted molar refractivity (Wildman–Crippen MR) is 131 cm³/mol. The van der Waals surface area contributed by atoms with E-state index in [4.69, 9.17) is 33.2 Å². The fourth-order valence-corrected chi connectivity index (χ4v) is 5.74. The number of aryl methyl sites for hydroxylation is 2. The fourth-order valence-electron chi connectivity index (χ4n) is 5.35. The molecule has 1 aliphatic carbocycles. The van der Waals surface area contributed by atoms with Crippen LogP contribution in [0.5, 0.6) is 0 Å². The van der Waals surface area contributed by atoms with Gasteiger partial charge >= 0.3 is 0 Å². The van der Waals surface area contributed by atoms with Gasteiger partial charge in [0.1, 0.15) is 5.69 Å². The Balaban J connectivity index is 1.39. The number of anilines is 1. The Morgan fingerprint density at radius 2 is 1.75 bits per heavy atom. The second-order valence-corrected chi connectivity index (χ2v) is 10.1. The summed E-state index contributed by atoms with van der Waals surface area (Å²) < 4.78 is 0. The van der Waals surface area contributed by atoms with Crippen molar-refractivity contribution >= 4 is 29.0 Å². The third kappa shape index (κ3) is 3.79. The quantitative estimate of drug-likeness (QED) is 0.517. The standard InChI is InChI=1S/C26H27Cl2N3O/c1-16-6-7-18-13-26(14-19(18)12-16)8-10-31(11-9-26)25-22(15-32)30-24(17(2)29-25)20-4-3-5-21(27)23(20)28/h3-7,12,32H,8-11,13-15H2,1-2H3. The van der Waals surface area contributed by atoms with Crippen molar-refractivity contribution in [1.82, 2.24) is 9.97 Å². The summed E-state index contributed by atoms with van der Waals surface area (Å²) >= 11 is 12.6. The van der Waals surface area contributed by atoms with Gasteiger partial charge < -0.3 is 10.0 Å². The number of benzene rings is 2. The smallest absolute Gasteiger partial charge is 0.153 e. The van der Waals surface area contributed by atoms with Gasteiger partial charge in [-0.3, -0.25) is 0 Å². The summed E-state index contributed by atoms with van der Waals surface area (Å²) in [6.45, 7) is 5.79. The molecule has 1 N–H and O–H groups in total. The Hall–Kier alpha value is -2.14. The molecule has 0 unspecified atom stereocenters. The van der Waals surface area contributed by atoms with Gasteiger partial charge in [0.2, 0.25) is 0 Å². The number of fused-ring (bicyclic) bond motifs is 1. The first-order chi connectivity index (χ1) is 15.4. The fraction of sp³-hybridized carbons (Fsp3) is 0.385. The van der Waals surface area contributed by atoms with E-state index in [1.165, 1.54) is 29.5 Å². The molecule has 3 aromatic rings. The first kappa shape index (κ1) is 21.7. The highest BCUT2D eigenvalue weighted by molar-refractivity contribution is 6.43. The molecule has 2 heterocycles. The predicted octanol–water partition coefficient (Wildman–Crippen LogP) is 5.94. The van der Waals surface area contributed by atoms with Crippen molar-refractivity contribution in [3.63, 3.8) is 0 Å². The lowest BCUT2D eigenvalue weighted by molar-refractivity contribution is 0.231. The van der Waals surface area contributed by atoms with E-state index < -0.39 is 0 Å². The van der Waals surface area contributed by atoms with Crippen LogP contribution in [0, 0.1) is 19.3 Å². The third-order valence-electron chi connectivity index (χ3n) is 7.09. The number of nitrogens with zero attached hydrogens (tertiary/aromatic N) is 3. The molecular weight excluding hydrogens is 441 g/mol. The zero-order valence-electron chi connectivity index (χ0n) is 18.5. The van der Waals surface area contributed by atoms with Gasteiger partial charge in [0, 0.05) is 18.7 Å². The van der Waals surface area contributed by atoms with E-state index >= 15 is 0 Å². The molecule has 1 saturated heterocycles. The average Bonchev–Trinajstić information content (AvgIpc) is 3.13. The molecule has 0 amide bonds. The highest BCUT2D eigenvalue weighted by Crippen LogP contribution is 2.45. The maximum absolute atomic E-state index is 10.1. The van der Waals surface area contributed by atoms with Gasteiger partial charge in [0.05, 0.1) is 28.0 Å². The summed E-state index contributed by atoms with van der Waals surface area (Å²) in [5.74, 6) is 0.785. The van der Waals surface area contributed by atoms with Crippen molar-refractivity contribution in [1.29, 1.82) is 0 Å². The molecule has 166 valence electrons. The molecule has 1 spiro atoms. The number of hydrogen-bond acceptors (Lipinski definition) is 4. The number of aliphatic hydroxyl groups is 1. The Kier molecular flexibility index (Phi) is 5.65. The van der Waals surface area contributed by atoms with Crippen LogP contribution in [0.25, 0.3) is 11.3 Å². The Labute approximate surface area is 199 Å². The number of aromatic nitrogens is 2. The molecule has 1 aliphatic heterocycles.